The average Bonchev–Trinajstić information content (AvgIpc) is 3.29. The molecule has 0 aliphatic heterocycles. The summed E-state index contributed by atoms with van der Waals surface area (Å²) in [6.45, 7) is 1.23. The van der Waals surface area contributed by atoms with Crippen LogP contribution in [0.25, 0.3) is 11.4 Å². The smallest absolute Gasteiger partial charge is 0.349 e. The number of benzene rings is 2. The van der Waals surface area contributed by atoms with Gasteiger partial charge in [-0.3, -0.25) is 4.79 Å². The largest absolute Gasteiger partial charge is 0.416 e. The molecule has 1 aliphatic carbocycles. The van der Waals surface area contributed by atoms with Crippen LogP contribution in [0, 0.1) is 5.92 Å². The fourth-order valence-corrected chi connectivity index (χ4v) is 4.27. The van der Waals surface area contributed by atoms with Crippen LogP contribution in [0.4, 0.5) is 13.2 Å². The number of hydrogen-bond donors (Lipinski definition) is 2. The normalized spacial score (nSPS) is 18.6. The Bertz CT molecular complexity index is 1110. The Balaban J connectivity index is 1.21. The van der Waals surface area contributed by atoms with E-state index in [0.717, 1.165) is 56.0 Å². The number of amides is 1. The van der Waals surface area contributed by atoms with Gasteiger partial charge in [0.05, 0.1) is 22.7 Å². The van der Waals surface area contributed by atoms with Crippen molar-refractivity contribution in [2.75, 3.05) is 6.54 Å². The van der Waals surface area contributed by atoms with Gasteiger partial charge in [0.2, 0.25) is 11.7 Å². The van der Waals surface area contributed by atoms with E-state index in [1.807, 2.05) is 30.3 Å². The van der Waals surface area contributed by atoms with Crippen molar-refractivity contribution >= 4 is 17.5 Å². The third-order valence-corrected chi connectivity index (χ3v) is 6.26. The van der Waals surface area contributed by atoms with Crippen LogP contribution in [0.1, 0.15) is 47.5 Å². The molecule has 10 heteroatoms. The first kappa shape index (κ1) is 24.2. The van der Waals surface area contributed by atoms with E-state index >= 15 is 0 Å². The summed E-state index contributed by atoms with van der Waals surface area (Å²) < 4.78 is 44.2. The predicted molar refractivity (Wildman–Crippen MR) is 121 cm³/mol. The number of nitrogens with zero attached hydrogens (tertiary/aromatic N) is 2. The topological polar surface area (TPSA) is 80.0 Å². The highest BCUT2D eigenvalue weighted by Crippen LogP contribution is 2.32. The second-order valence-corrected chi connectivity index (χ2v) is 8.80. The van der Waals surface area contributed by atoms with E-state index in [2.05, 4.69) is 20.8 Å². The van der Waals surface area contributed by atoms with Crippen molar-refractivity contribution in [3.05, 3.63) is 70.6 Å². The maximum absolute atomic E-state index is 13.0. The van der Waals surface area contributed by atoms with Gasteiger partial charge in [-0.15, -0.1) is 0 Å². The molecule has 2 N–H and O–H groups in total. The fourth-order valence-electron chi connectivity index (χ4n) is 4.06. The zero-order valence-electron chi connectivity index (χ0n) is 18.2. The summed E-state index contributed by atoms with van der Waals surface area (Å²) in [4.78, 5) is 16.9. The van der Waals surface area contributed by atoms with Gasteiger partial charge in [-0.25, -0.2) is 0 Å². The first-order valence-electron chi connectivity index (χ1n) is 11.1. The zero-order chi connectivity index (χ0) is 24.1. The molecule has 1 heterocycles. The lowest BCUT2D eigenvalue weighted by Crippen LogP contribution is -2.39. The third-order valence-electron chi connectivity index (χ3n) is 5.93. The van der Waals surface area contributed by atoms with Gasteiger partial charge >= 0.3 is 6.18 Å². The van der Waals surface area contributed by atoms with Crippen molar-refractivity contribution in [3.63, 3.8) is 0 Å². The fraction of sp³-hybridized carbons (Fsp3) is 0.375. The van der Waals surface area contributed by atoms with Crippen LogP contribution >= 0.6 is 11.6 Å². The first-order valence-corrected chi connectivity index (χ1v) is 11.4. The number of aromatic nitrogens is 2. The van der Waals surface area contributed by atoms with E-state index in [1.54, 1.807) is 0 Å². The summed E-state index contributed by atoms with van der Waals surface area (Å²) in [5, 5.41) is 10.2. The number of halogens is 4. The minimum atomic E-state index is -4.53. The third kappa shape index (κ3) is 6.15. The second-order valence-electron chi connectivity index (χ2n) is 8.39. The number of nitrogens with one attached hydrogen (secondary N) is 2. The summed E-state index contributed by atoms with van der Waals surface area (Å²) in [5.41, 5.74) is -0.159. The van der Waals surface area contributed by atoms with Gasteiger partial charge in [0, 0.05) is 11.6 Å². The van der Waals surface area contributed by atoms with Gasteiger partial charge in [-0.1, -0.05) is 47.1 Å². The van der Waals surface area contributed by atoms with Crippen LogP contribution < -0.4 is 10.6 Å². The SMILES string of the molecule is O=C(N[C@H]1CC[C@H](CNCc2nc(-c3ccccc3)no2)CC1)c1cc(C(F)(F)F)ccc1Cl. The molecule has 6 nitrogen and oxygen atoms in total. The Morgan fingerprint density at radius 1 is 1.09 bits per heavy atom. The van der Waals surface area contributed by atoms with Crippen molar-refractivity contribution in [2.24, 2.45) is 5.92 Å². The molecule has 0 saturated heterocycles. The lowest BCUT2D eigenvalue weighted by molar-refractivity contribution is -0.137. The number of carbonyl (C=O) groups is 1. The molecule has 1 aromatic heterocycles. The Morgan fingerprint density at radius 3 is 2.53 bits per heavy atom. The minimum Gasteiger partial charge on any atom is -0.349 e. The summed E-state index contributed by atoms with van der Waals surface area (Å²) in [6, 6.07) is 12.3. The molecule has 34 heavy (non-hydrogen) atoms. The second kappa shape index (κ2) is 10.6. The van der Waals surface area contributed by atoms with Crippen LogP contribution in [0.2, 0.25) is 5.02 Å². The molecular weight excluding hydrogens is 469 g/mol. The molecule has 1 amide bonds. The van der Waals surface area contributed by atoms with Crippen LogP contribution in [0.5, 0.6) is 0 Å². The minimum absolute atomic E-state index is 0.000154. The first-order chi connectivity index (χ1) is 16.3. The monoisotopic (exact) mass is 492 g/mol. The summed E-state index contributed by atoms with van der Waals surface area (Å²) in [6.07, 6.45) is -1.28. The molecule has 1 fully saturated rings. The van der Waals surface area contributed by atoms with Gasteiger partial charge in [0.15, 0.2) is 0 Å². The molecule has 0 radical (unpaired) electrons. The van der Waals surface area contributed by atoms with Crippen LogP contribution in [0.3, 0.4) is 0 Å². The van der Waals surface area contributed by atoms with Gasteiger partial charge in [0.1, 0.15) is 0 Å². The van der Waals surface area contributed by atoms with Crippen molar-refractivity contribution in [3.8, 4) is 11.4 Å². The lowest BCUT2D eigenvalue weighted by atomic mass is 9.86. The maximum atomic E-state index is 13.0. The van der Waals surface area contributed by atoms with E-state index in [9.17, 15) is 18.0 Å². The Labute approximate surface area is 199 Å². The van der Waals surface area contributed by atoms with E-state index in [1.165, 1.54) is 0 Å². The Morgan fingerprint density at radius 2 is 1.82 bits per heavy atom. The lowest BCUT2D eigenvalue weighted by Gasteiger charge is -2.29. The van der Waals surface area contributed by atoms with Crippen molar-refractivity contribution in [1.82, 2.24) is 20.8 Å². The van der Waals surface area contributed by atoms with Gasteiger partial charge < -0.3 is 15.2 Å². The van der Waals surface area contributed by atoms with E-state index < -0.39 is 17.6 Å². The Kier molecular flexibility index (Phi) is 7.53. The zero-order valence-corrected chi connectivity index (χ0v) is 19.0. The van der Waals surface area contributed by atoms with Crippen LogP contribution in [-0.4, -0.2) is 28.6 Å². The highest BCUT2D eigenvalue weighted by atomic mass is 35.5. The number of hydrogen-bond acceptors (Lipinski definition) is 5. The van der Waals surface area contributed by atoms with Gasteiger partial charge in [-0.05, 0) is 56.3 Å². The number of alkyl halides is 3. The number of carbonyl (C=O) groups excluding carboxylic acids is 1. The summed E-state index contributed by atoms with van der Waals surface area (Å²) in [5.74, 6) is 0.900. The molecule has 0 atom stereocenters. The molecule has 180 valence electrons. The van der Waals surface area contributed by atoms with Gasteiger partial charge in [-0.2, -0.15) is 18.2 Å². The average molecular weight is 493 g/mol. The molecule has 3 aromatic rings. The van der Waals surface area contributed by atoms with E-state index in [0.29, 0.717) is 24.2 Å². The van der Waals surface area contributed by atoms with Crippen molar-refractivity contribution in [1.29, 1.82) is 0 Å². The molecule has 0 spiro atoms. The summed E-state index contributed by atoms with van der Waals surface area (Å²) in [7, 11) is 0. The molecule has 4 rings (SSSR count). The van der Waals surface area contributed by atoms with E-state index in [-0.39, 0.29) is 16.6 Å². The predicted octanol–water partition coefficient (Wildman–Crippen LogP) is 5.49. The van der Waals surface area contributed by atoms with Crippen molar-refractivity contribution < 1.29 is 22.5 Å². The van der Waals surface area contributed by atoms with Gasteiger partial charge in [0.25, 0.3) is 5.91 Å². The van der Waals surface area contributed by atoms with E-state index in [4.69, 9.17) is 16.1 Å². The Hall–Kier alpha value is -2.91. The molecular formula is C24H24ClF3N4O2. The molecule has 0 bridgehead atoms. The molecule has 1 saturated carbocycles. The number of rotatable bonds is 7. The molecule has 0 unspecified atom stereocenters. The van der Waals surface area contributed by atoms with Crippen LogP contribution in [-0.2, 0) is 12.7 Å². The maximum Gasteiger partial charge on any atom is 0.416 e. The van der Waals surface area contributed by atoms with Crippen LogP contribution in [0.15, 0.2) is 53.1 Å². The quantitative estimate of drug-likeness (QED) is 0.456. The van der Waals surface area contributed by atoms with Crippen molar-refractivity contribution in [2.45, 2.75) is 44.4 Å². The molecule has 2 aromatic carbocycles. The highest BCUT2D eigenvalue weighted by Gasteiger charge is 2.32. The standard InChI is InChI=1S/C24H24ClF3N4O2/c25-20-11-8-17(24(26,27)28)12-19(20)23(33)30-18-9-6-15(7-10-18)13-29-14-21-31-22(32-34-21)16-4-2-1-3-5-16/h1-5,8,11-12,15,18,29H,6-7,9-10,13-14H2,(H,30,33)/t15-,18-. The summed E-state index contributed by atoms with van der Waals surface area (Å²) >= 11 is 5.97. The molecule has 1 aliphatic rings. The highest BCUT2D eigenvalue weighted by molar-refractivity contribution is 6.33.